The van der Waals surface area contributed by atoms with Crippen molar-refractivity contribution in [2.75, 3.05) is 6.54 Å². The highest BCUT2D eigenvalue weighted by Crippen LogP contribution is 2.44. The molecule has 1 atom stereocenters. The van der Waals surface area contributed by atoms with Gasteiger partial charge in [0.2, 0.25) is 0 Å². The van der Waals surface area contributed by atoms with Gasteiger partial charge in [-0.2, -0.15) is 5.10 Å². The molecule has 1 aliphatic heterocycles. The number of phenolic OH excluding ortho intramolecular Hbond substituents is 1. The van der Waals surface area contributed by atoms with Gasteiger partial charge in [-0.3, -0.25) is 9.89 Å². The minimum absolute atomic E-state index is 0.106. The zero-order valence-corrected chi connectivity index (χ0v) is 15.2. The SMILES string of the molecule is CCCN1C(=O)c2[nH]nc(-c3cc(C)ccc3O)c2C1c1ccc(F)cc1. The van der Waals surface area contributed by atoms with Crippen LogP contribution in [0.2, 0.25) is 0 Å². The molecule has 1 amide bonds. The Bertz CT molecular complexity index is 1010. The third-order valence-electron chi connectivity index (χ3n) is 4.92. The van der Waals surface area contributed by atoms with Gasteiger partial charge >= 0.3 is 0 Å². The summed E-state index contributed by atoms with van der Waals surface area (Å²) >= 11 is 0. The largest absolute Gasteiger partial charge is 0.507 e. The number of benzene rings is 2. The minimum atomic E-state index is -0.373. The summed E-state index contributed by atoms with van der Waals surface area (Å²) in [5, 5.41) is 17.6. The average Bonchev–Trinajstić information content (AvgIpc) is 3.19. The maximum absolute atomic E-state index is 13.4. The van der Waals surface area contributed by atoms with Crippen LogP contribution in [-0.4, -0.2) is 32.7 Å². The Morgan fingerprint density at radius 1 is 1.22 bits per heavy atom. The van der Waals surface area contributed by atoms with Gasteiger partial charge in [-0.15, -0.1) is 0 Å². The summed E-state index contributed by atoms with van der Waals surface area (Å²) in [6.07, 6.45) is 0.798. The number of hydrogen-bond donors (Lipinski definition) is 2. The number of fused-ring (bicyclic) bond motifs is 1. The molecule has 1 aromatic heterocycles. The number of halogens is 1. The second-order valence-electron chi connectivity index (χ2n) is 6.83. The molecule has 138 valence electrons. The zero-order valence-electron chi connectivity index (χ0n) is 15.2. The van der Waals surface area contributed by atoms with Crippen LogP contribution in [0.5, 0.6) is 5.75 Å². The summed E-state index contributed by atoms with van der Waals surface area (Å²) in [6, 6.07) is 11.1. The van der Waals surface area contributed by atoms with Crippen molar-refractivity contribution in [1.29, 1.82) is 0 Å². The van der Waals surface area contributed by atoms with E-state index in [1.807, 2.05) is 26.0 Å². The van der Waals surface area contributed by atoms with Crippen molar-refractivity contribution < 1.29 is 14.3 Å². The molecule has 27 heavy (non-hydrogen) atoms. The van der Waals surface area contributed by atoms with Crippen LogP contribution < -0.4 is 0 Å². The molecular formula is C21H20FN3O2. The molecule has 0 spiro atoms. The topological polar surface area (TPSA) is 69.2 Å². The van der Waals surface area contributed by atoms with E-state index in [1.54, 1.807) is 23.1 Å². The molecule has 2 aromatic carbocycles. The van der Waals surface area contributed by atoms with Gasteiger partial charge in [-0.25, -0.2) is 4.39 Å². The fraction of sp³-hybridized carbons (Fsp3) is 0.238. The number of carbonyl (C=O) groups is 1. The minimum Gasteiger partial charge on any atom is -0.507 e. The lowest BCUT2D eigenvalue weighted by atomic mass is 9.95. The Balaban J connectivity index is 1.92. The zero-order chi connectivity index (χ0) is 19.1. The number of aromatic hydroxyl groups is 1. The Labute approximate surface area is 156 Å². The molecule has 0 aliphatic carbocycles. The van der Waals surface area contributed by atoms with Gasteiger partial charge in [0.15, 0.2) is 0 Å². The number of phenols is 1. The van der Waals surface area contributed by atoms with Gasteiger partial charge in [-0.1, -0.05) is 30.7 Å². The third-order valence-corrected chi connectivity index (χ3v) is 4.92. The second kappa shape index (κ2) is 6.54. The average molecular weight is 365 g/mol. The van der Waals surface area contributed by atoms with Crippen LogP contribution in [0.3, 0.4) is 0 Å². The number of aromatic nitrogens is 2. The highest BCUT2D eigenvalue weighted by Gasteiger charge is 2.42. The van der Waals surface area contributed by atoms with E-state index in [1.165, 1.54) is 12.1 Å². The van der Waals surface area contributed by atoms with Gasteiger partial charge < -0.3 is 10.0 Å². The van der Waals surface area contributed by atoms with Crippen molar-refractivity contribution in [3.63, 3.8) is 0 Å². The first-order valence-corrected chi connectivity index (χ1v) is 8.96. The van der Waals surface area contributed by atoms with Crippen molar-refractivity contribution in [1.82, 2.24) is 15.1 Å². The molecule has 0 saturated heterocycles. The molecule has 0 radical (unpaired) electrons. The molecule has 0 bridgehead atoms. The van der Waals surface area contributed by atoms with E-state index >= 15 is 0 Å². The van der Waals surface area contributed by atoms with Gasteiger partial charge in [0.05, 0.1) is 6.04 Å². The van der Waals surface area contributed by atoms with Crippen LogP contribution >= 0.6 is 0 Å². The number of hydrogen-bond acceptors (Lipinski definition) is 3. The molecular weight excluding hydrogens is 345 g/mol. The van der Waals surface area contributed by atoms with Gasteiger partial charge in [0, 0.05) is 17.7 Å². The van der Waals surface area contributed by atoms with Crippen LogP contribution in [-0.2, 0) is 0 Å². The summed E-state index contributed by atoms with van der Waals surface area (Å²) in [5.41, 5.74) is 4.06. The summed E-state index contributed by atoms with van der Waals surface area (Å²) in [4.78, 5) is 14.7. The molecule has 5 nitrogen and oxygen atoms in total. The van der Waals surface area contributed by atoms with E-state index in [0.717, 1.165) is 23.1 Å². The Hall–Kier alpha value is -3.15. The van der Waals surface area contributed by atoms with E-state index in [-0.39, 0.29) is 23.5 Å². The van der Waals surface area contributed by atoms with Gasteiger partial charge in [-0.05, 0) is 43.2 Å². The third kappa shape index (κ3) is 2.77. The molecule has 1 aliphatic rings. The summed E-state index contributed by atoms with van der Waals surface area (Å²) in [6.45, 7) is 4.51. The van der Waals surface area contributed by atoms with Crippen LogP contribution in [0.15, 0.2) is 42.5 Å². The van der Waals surface area contributed by atoms with Crippen molar-refractivity contribution in [3.05, 3.63) is 70.7 Å². The van der Waals surface area contributed by atoms with Crippen LogP contribution in [0.25, 0.3) is 11.3 Å². The van der Waals surface area contributed by atoms with E-state index < -0.39 is 0 Å². The van der Waals surface area contributed by atoms with E-state index in [9.17, 15) is 14.3 Å². The lowest BCUT2D eigenvalue weighted by Crippen LogP contribution is -2.30. The Morgan fingerprint density at radius 3 is 2.67 bits per heavy atom. The number of nitrogens with zero attached hydrogens (tertiary/aromatic N) is 2. The predicted molar refractivity (Wildman–Crippen MR) is 100.0 cm³/mol. The molecule has 0 saturated carbocycles. The van der Waals surface area contributed by atoms with Crippen LogP contribution in [0, 0.1) is 12.7 Å². The van der Waals surface area contributed by atoms with Crippen molar-refractivity contribution in [2.45, 2.75) is 26.3 Å². The number of carbonyl (C=O) groups excluding carboxylic acids is 1. The van der Waals surface area contributed by atoms with Crippen molar-refractivity contribution >= 4 is 5.91 Å². The molecule has 6 heteroatoms. The Kier molecular flexibility index (Phi) is 4.18. The molecule has 2 heterocycles. The first kappa shape index (κ1) is 17.3. The summed E-state index contributed by atoms with van der Waals surface area (Å²) in [7, 11) is 0. The van der Waals surface area contributed by atoms with Crippen LogP contribution in [0.4, 0.5) is 4.39 Å². The highest BCUT2D eigenvalue weighted by molar-refractivity contribution is 6.00. The van der Waals surface area contributed by atoms with E-state index in [4.69, 9.17) is 0 Å². The quantitative estimate of drug-likeness (QED) is 0.729. The lowest BCUT2D eigenvalue weighted by Gasteiger charge is -2.26. The molecule has 4 rings (SSSR count). The highest BCUT2D eigenvalue weighted by atomic mass is 19.1. The predicted octanol–water partition coefficient (Wildman–Crippen LogP) is 4.19. The van der Waals surface area contributed by atoms with Crippen LogP contribution in [0.1, 0.15) is 46.6 Å². The first-order valence-electron chi connectivity index (χ1n) is 8.96. The Morgan fingerprint density at radius 2 is 1.96 bits per heavy atom. The monoisotopic (exact) mass is 365 g/mol. The standard InChI is InChI=1S/C21H20FN3O2/c1-3-10-25-20(13-5-7-14(22)8-6-13)17-18(23-24-19(17)21(25)27)15-11-12(2)4-9-16(15)26/h4-9,11,20,26H,3,10H2,1-2H3,(H,23,24). The number of aryl methyl sites for hydroxylation is 1. The number of aromatic amines is 1. The number of H-pyrrole nitrogens is 1. The molecule has 1 unspecified atom stereocenters. The summed E-state index contributed by atoms with van der Waals surface area (Å²) in [5.74, 6) is -0.352. The maximum Gasteiger partial charge on any atom is 0.273 e. The summed E-state index contributed by atoms with van der Waals surface area (Å²) < 4.78 is 13.4. The van der Waals surface area contributed by atoms with Gasteiger partial charge in [0.1, 0.15) is 23.0 Å². The number of amides is 1. The molecule has 0 fully saturated rings. The second-order valence-corrected chi connectivity index (χ2v) is 6.83. The maximum atomic E-state index is 13.4. The molecule has 3 aromatic rings. The number of nitrogens with one attached hydrogen (secondary N) is 1. The lowest BCUT2D eigenvalue weighted by molar-refractivity contribution is 0.0744. The van der Waals surface area contributed by atoms with Crippen molar-refractivity contribution in [3.8, 4) is 17.0 Å². The molecule has 2 N–H and O–H groups in total. The van der Waals surface area contributed by atoms with Crippen molar-refractivity contribution in [2.24, 2.45) is 0 Å². The first-order chi connectivity index (χ1) is 13.0. The van der Waals surface area contributed by atoms with E-state index in [0.29, 0.717) is 23.5 Å². The fourth-order valence-corrected chi connectivity index (χ4v) is 3.70. The van der Waals surface area contributed by atoms with E-state index in [2.05, 4.69) is 10.2 Å². The fourth-order valence-electron chi connectivity index (χ4n) is 3.70. The normalized spacial score (nSPS) is 16.0. The smallest absolute Gasteiger partial charge is 0.273 e. The van der Waals surface area contributed by atoms with Gasteiger partial charge in [0.25, 0.3) is 5.91 Å². The number of rotatable bonds is 4.